The number of aliphatic imine (C=N–C) groups is 1. The first-order chi connectivity index (χ1) is 9.32. The van der Waals surface area contributed by atoms with Crippen LogP contribution < -0.4 is 17.0 Å². The summed E-state index contributed by atoms with van der Waals surface area (Å²) in [5.41, 5.74) is 5.73. The average molecular weight is 278 g/mol. The standard InChI is InChI=1S/C12H18N6O2/c1-7(2)15-8(13)5-18-6-14-10-9(18)11(19)17(4)12(20)16(10)3/h6-7H,5H2,1-4H3,(H2,13,15). The number of aryl methyl sites for hydroxylation is 1. The third-order valence-electron chi connectivity index (χ3n) is 2.97. The molecule has 20 heavy (non-hydrogen) atoms. The molecule has 0 aliphatic carbocycles. The van der Waals surface area contributed by atoms with Gasteiger partial charge < -0.3 is 10.3 Å². The van der Waals surface area contributed by atoms with Crippen molar-refractivity contribution in [2.24, 2.45) is 24.8 Å². The van der Waals surface area contributed by atoms with Crippen molar-refractivity contribution in [3.63, 3.8) is 0 Å². The quantitative estimate of drug-likeness (QED) is 0.586. The van der Waals surface area contributed by atoms with Crippen molar-refractivity contribution in [2.45, 2.75) is 26.4 Å². The molecule has 2 aromatic rings. The minimum atomic E-state index is -0.406. The van der Waals surface area contributed by atoms with Crippen LogP contribution in [0.5, 0.6) is 0 Å². The van der Waals surface area contributed by atoms with E-state index < -0.39 is 11.2 Å². The molecule has 0 aliphatic heterocycles. The maximum Gasteiger partial charge on any atom is 0.332 e. The van der Waals surface area contributed by atoms with Gasteiger partial charge in [-0.15, -0.1) is 0 Å². The summed E-state index contributed by atoms with van der Waals surface area (Å²) in [5.74, 6) is 0.412. The minimum Gasteiger partial charge on any atom is -0.386 e. The Morgan fingerprint density at radius 1 is 1.35 bits per heavy atom. The summed E-state index contributed by atoms with van der Waals surface area (Å²) in [5, 5.41) is 0. The summed E-state index contributed by atoms with van der Waals surface area (Å²) >= 11 is 0. The maximum absolute atomic E-state index is 12.2. The van der Waals surface area contributed by atoms with Gasteiger partial charge in [-0.2, -0.15) is 0 Å². The van der Waals surface area contributed by atoms with E-state index in [1.54, 1.807) is 11.6 Å². The highest BCUT2D eigenvalue weighted by atomic mass is 16.2. The number of hydrogen-bond acceptors (Lipinski definition) is 4. The molecule has 0 bridgehead atoms. The molecule has 2 N–H and O–H groups in total. The van der Waals surface area contributed by atoms with E-state index in [0.717, 1.165) is 4.57 Å². The second-order valence-corrected chi connectivity index (χ2v) is 4.96. The van der Waals surface area contributed by atoms with Crippen LogP contribution in [0.15, 0.2) is 20.9 Å². The van der Waals surface area contributed by atoms with Gasteiger partial charge in [-0.1, -0.05) is 0 Å². The Morgan fingerprint density at radius 3 is 2.60 bits per heavy atom. The zero-order valence-corrected chi connectivity index (χ0v) is 12.0. The SMILES string of the molecule is CC(C)N=C(N)Cn1cnc2c1c(=O)n(C)c(=O)n2C. The molecule has 2 heterocycles. The van der Waals surface area contributed by atoms with Crippen molar-refractivity contribution in [1.82, 2.24) is 18.7 Å². The van der Waals surface area contributed by atoms with Gasteiger partial charge in [0.2, 0.25) is 0 Å². The van der Waals surface area contributed by atoms with Gasteiger partial charge >= 0.3 is 5.69 Å². The van der Waals surface area contributed by atoms with E-state index in [4.69, 9.17) is 5.73 Å². The number of rotatable bonds is 3. The summed E-state index contributed by atoms with van der Waals surface area (Å²) in [6.07, 6.45) is 1.49. The summed E-state index contributed by atoms with van der Waals surface area (Å²) in [6, 6.07) is 0.0805. The van der Waals surface area contributed by atoms with Crippen LogP contribution in [0.3, 0.4) is 0 Å². The van der Waals surface area contributed by atoms with Gasteiger partial charge in [0.25, 0.3) is 5.56 Å². The number of nitrogens with zero attached hydrogens (tertiary/aromatic N) is 5. The van der Waals surface area contributed by atoms with Crippen LogP contribution in [-0.2, 0) is 20.6 Å². The van der Waals surface area contributed by atoms with Crippen molar-refractivity contribution >= 4 is 17.0 Å². The molecule has 8 heteroatoms. The van der Waals surface area contributed by atoms with Crippen LogP contribution in [0.25, 0.3) is 11.2 Å². The van der Waals surface area contributed by atoms with Crippen molar-refractivity contribution in [3.8, 4) is 0 Å². The van der Waals surface area contributed by atoms with E-state index >= 15 is 0 Å². The third kappa shape index (κ3) is 2.24. The lowest BCUT2D eigenvalue weighted by molar-refractivity contribution is 0.704. The second-order valence-electron chi connectivity index (χ2n) is 4.96. The van der Waals surface area contributed by atoms with Crippen LogP contribution in [0.4, 0.5) is 0 Å². The van der Waals surface area contributed by atoms with E-state index in [1.807, 2.05) is 13.8 Å². The Morgan fingerprint density at radius 2 is 2.00 bits per heavy atom. The Kier molecular flexibility index (Phi) is 3.47. The second kappa shape index (κ2) is 4.95. The predicted octanol–water partition coefficient (Wildman–Crippen LogP) is -0.801. The van der Waals surface area contributed by atoms with Gasteiger partial charge in [-0.05, 0) is 13.8 Å². The van der Waals surface area contributed by atoms with E-state index in [2.05, 4.69) is 9.98 Å². The molecule has 0 amide bonds. The highest BCUT2D eigenvalue weighted by Crippen LogP contribution is 2.05. The van der Waals surface area contributed by atoms with Crippen molar-refractivity contribution in [2.75, 3.05) is 0 Å². The minimum absolute atomic E-state index is 0.0805. The Balaban J connectivity index is 2.64. The molecule has 0 atom stereocenters. The first-order valence-electron chi connectivity index (χ1n) is 6.26. The molecule has 8 nitrogen and oxygen atoms in total. The summed E-state index contributed by atoms with van der Waals surface area (Å²) in [7, 11) is 3.01. The predicted molar refractivity (Wildman–Crippen MR) is 77.0 cm³/mol. The van der Waals surface area contributed by atoms with Crippen molar-refractivity contribution in [3.05, 3.63) is 27.2 Å². The maximum atomic E-state index is 12.2. The highest BCUT2D eigenvalue weighted by molar-refractivity contribution is 5.82. The average Bonchev–Trinajstić information content (AvgIpc) is 2.76. The fourth-order valence-corrected chi connectivity index (χ4v) is 2.06. The third-order valence-corrected chi connectivity index (χ3v) is 2.97. The summed E-state index contributed by atoms with van der Waals surface area (Å²) < 4.78 is 4.00. The number of imidazole rings is 1. The van der Waals surface area contributed by atoms with Gasteiger partial charge in [0.05, 0.1) is 12.9 Å². The van der Waals surface area contributed by atoms with Crippen LogP contribution in [0, 0.1) is 0 Å². The number of aromatic nitrogens is 4. The molecule has 0 saturated carbocycles. The Bertz CT molecular complexity index is 793. The molecule has 0 aliphatic rings. The van der Waals surface area contributed by atoms with Gasteiger partial charge in [-0.3, -0.25) is 18.9 Å². The smallest absolute Gasteiger partial charge is 0.332 e. The van der Waals surface area contributed by atoms with Gasteiger partial charge in [0.1, 0.15) is 5.84 Å². The number of fused-ring (bicyclic) bond motifs is 1. The molecule has 108 valence electrons. The fourth-order valence-electron chi connectivity index (χ4n) is 2.06. The molecule has 2 rings (SSSR count). The molecular formula is C12H18N6O2. The fraction of sp³-hybridized carbons (Fsp3) is 0.500. The molecule has 0 aromatic carbocycles. The molecule has 0 fully saturated rings. The zero-order chi connectivity index (χ0) is 15.0. The topological polar surface area (TPSA) is 100 Å². The Hall–Kier alpha value is -2.38. The molecular weight excluding hydrogens is 260 g/mol. The first kappa shape index (κ1) is 14.0. The van der Waals surface area contributed by atoms with Crippen LogP contribution >= 0.6 is 0 Å². The summed E-state index contributed by atoms with van der Waals surface area (Å²) in [6.45, 7) is 4.10. The van der Waals surface area contributed by atoms with Crippen molar-refractivity contribution < 1.29 is 0 Å². The van der Waals surface area contributed by atoms with Crippen LogP contribution in [0.1, 0.15) is 13.8 Å². The monoisotopic (exact) mass is 278 g/mol. The molecule has 0 radical (unpaired) electrons. The normalized spacial score (nSPS) is 12.6. The molecule has 0 saturated heterocycles. The van der Waals surface area contributed by atoms with E-state index in [-0.39, 0.29) is 12.6 Å². The van der Waals surface area contributed by atoms with Gasteiger partial charge in [0.15, 0.2) is 11.2 Å². The lowest BCUT2D eigenvalue weighted by Crippen LogP contribution is -2.38. The van der Waals surface area contributed by atoms with E-state index in [1.165, 1.54) is 17.9 Å². The highest BCUT2D eigenvalue weighted by Gasteiger charge is 2.14. The first-order valence-corrected chi connectivity index (χ1v) is 6.26. The molecule has 0 unspecified atom stereocenters. The van der Waals surface area contributed by atoms with Crippen molar-refractivity contribution in [1.29, 1.82) is 0 Å². The Labute approximate surface area is 115 Å². The molecule has 2 aromatic heterocycles. The van der Waals surface area contributed by atoms with Gasteiger partial charge in [-0.25, -0.2) is 9.78 Å². The zero-order valence-electron chi connectivity index (χ0n) is 12.0. The number of nitrogens with two attached hydrogens (primary N) is 1. The van der Waals surface area contributed by atoms with E-state index in [0.29, 0.717) is 17.0 Å². The lowest BCUT2D eigenvalue weighted by Gasteiger charge is -2.07. The number of hydrogen-bond donors (Lipinski definition) is 1. The van der Waals surface area contributed by atoms with E-state index in [9.17, 15) is 9.59 Å². The van der Waals surface area contributed by atoms with Gasteiger partial charge in [0, 0.05) is 20.1 Å². The molecule has 0 spiro atoms. The number of amidine groups is 1. The lowest BCUT2D eigenvalue weighted by atomic mass is 10.4. The van der Waals surface area contributed by atoms with Crippen LogP contribution in [-0.4, -0.2) is 30.6 Å². The summed E-state index contributed by atoms with van der Waals surface area (Å²) in [4.78, 5) is 32.3. The van der Waals surface area contributed by atoms with Crippen LogP contribution in [0.2, 0.25) is 0 Å². The largest absolute Gasteiger partial charge is 0.386 e.